The third-order valence-corrected chi connectivity index (χ3v) is 1.24. The lowest BCUT2D eigenvalue weighted by Gasteiger charge is -2.03. The molecule has 54 valence electrons. The average molecular weight is 141 g/mol. The monoisotopic (exact) mass is 141 g/mol. The summed E-state index contributed by atoms with van der Waals surface area (Å²) < 4.78 is 1.42. The molecule has 0 fully saturated rings. The first-order valence-electron chi connectivity index (χ1n) is 2.78. The van der Waals surface area contributed by atoms with Crippen LogP contribution in [0, 0.1) is 0 Å². The van der Waals surface area contributed by atoms with Gasteiger partial charge in [-0.1, -0.05) is 0 Å². The van der Waals surface area contributed by atoms with Gasteiger partial charge in [0, 0.05) is 0 Å². The third-order valence-electron chi connectivity index (χ3n) is 1.24. The summed E-state index contributed by atoms with van der Waals surface area (Å²) in [5.41, 5.74) is 0. The first kappa shape index (κ1) is 6.73. The molecule has 0 saturated carbocycles. The number of aliphatic carboxylic acids is 1. The van der Waals surface area contributed by atoms with E-state index in [0.29, 0.717) is 0 Å². The van der Waals surface area contributed by atoms with Gasteiger partial charge in [-0.25, -0.2) is 4.79 Å². The fraction of sp³-hybridized carbons (Fsp3) is 0.400. The van der Waals surface area contributed by atoms with Crippen LogP contribution >= 0.6 is 0 Å². The van der Waals surface area contributed by atoms with E-state index in [1.54, 1.807) is 6.92 Å². The Hall–Kier alpha value is -1.39. The quantitative estimate of drug-likeness (QED) is 0.625. The Balaban J connectivity index is 2.77. The number of nitrogens with zero attached hydrogens (tertiary/aromatic N) is 3. The minimum Gasteiger partial charge on any atom is -0.480 e. The number of hydrogen-bond donors (Lipinski definition) is 1. The molecule has 0 spiro atoms. The molecule has 1 rings (SSSR count). The van der Waals surface area contributed by atoms with Crippen LogP contribution < -0.4 is 0 Å². The molecule has 1 heterocycles. The summed E-state index contributed by atoms with van der Waals surface area (Å²) in [6.07, 6.45) is 2.75. The zero-order valence-electron chi connectivity index (χ0n) is 5.43. The molecule has 1 N–H and O–H groups in total. The fourth-order valence-corrected chi connectivity index (χ4v) is 0.536. The topological polar surface area (TPSA) is 68.0 Å². The van der Waals surface area contributed by atoms with Crippen LogP contribution in [-0.2, 0) is 4.79 Å². The van der Waals surface area contributed by atoms with Gasteiger partial charge in [0.15, 0.2) is 0 Å². The second-order valence-electron chi connectivity index (χ2n) is 1.92. The van der Waals surface area contributed by atoms with Crippen LogP contribution in [0.4, 0.5) is 0 Å². The maximum atomic E-state index is 10.3. The van der Waals surface area contributed by atoms with Crippen molar-refractivity contribution in [2.24, 2.45) is 0 Å². The molecule has 0 aliphatic carbocycles. The van der Waals surface area contributed by atoms with E-state index in [-0.39, 0.29) is 0 Å². The van der Waals surface area contributed by atoms with Crippen molar-refractivity contribution in [3.8, 4) is 0 Å². The number of carboxylic acids is 1. The minimum absolute atomic E-state index is 0.588. The molecule has 0 bridgehead atoms. The van der Waals surface area contributed by atoms with Gasteiger partial charge in [-0.3, -0.25) is 0 Å². The van der Waals surface area contributed by atoms with Crippen molar-refractivity contribution in [2.45, 2.75) is 13.0 Å². The lowest BCUT2D eigenvalue weighted by molar-refractivity contribution is -0.140. The average Bonchev–Trinajstić information content (AvgIpc) is 2.36. The van der Waals surface area contributed by atoms with Crippen molar-refractivity contribution < 1.29 is 9.90 Å². The van der Waals surface area contributed by atoms with Crippen LogP contribution in [-0.4, -0.2) is 25.8 Å². The van der Waals surface area contributed by atoms with Crippen LogP contribution in [0.5, 0.6) is 0 Å². The van der Waals surface area contributed by atoms with Gasteiger partial charge in [-0.2, -0.15) is 0 Å². The number of aromatic nitrogens is 3. The van der Waals surface area contributed by atoms with E-state index in [1.165, 1.54) is 17.2 Å². The second-order valence-corrected chi connectivity index (χ2v) is 1.92. The van der Waals surface area contributed by atoms with E-state index in [0.717, 1.165) is 0 Å². The van der Waals surface area contributed by atoms with Crippen LogP contribution in [0.3, 0.4) is 0 Å². The molecule has 0 amide bonds. The molecule has 1 aromatic rings. The summed E-state index contributed by atoms with van der Waals surface area (Å²) in [4.78, 5) is 10.3. The zero-order valence-corrected chi connectivity index (χ0v) is 5.43. The van der Waals surface area contributed by atoms with Gasteiger partial charge in [0.1, 0.15) is 18.7 Å². The molecule has 0 saturated heterocycles. The Morgan fingerprint density at radius 1 is 1.60 bits per heavy atom. The van der Waals surface area contributed by atoms with Gasteiger partial charge in [0.25, 0.3) is 0 Å². The highest BCUT2D eigenvalue weighted by Crippen LogP contribution is 2.01. The first-order valence-corrected chi connectivity index (χ1v) is 2.78. The van der Waals surface area contributed by atoms with Gasteiger partial charge < -0.3 is 9.67 Å². The van der Waals surface area contributed by atoms with Crippen molar-refractivity contribution in [1.29, 1.82) is 0 Å². The molecular weight excluding hydrogens is 134 g/mol. The highest BCUT2D eigenvalue weighted by Gasteiger charge is 2.11. The van der Waals surface area contributed by atoms with Crippen LogP contribution in [0.15, 0.2) is 12.7 Å². The molecule has 10 heavy (non-hydrogen) atoms. The van der Waals surface area contributed by atoms with E-state index in [2.05, 4.69) is 10.2 Å². The Morgan fingerprint density at radius 2 is 2.10 bits per heavy atom. The number of carboxylic acid groups (broad SMARTS) is 1. The molecule has 0 aromatic carbocycles. The van der Waals surface area contributed by atoms with Gasteiger partial charge in [-0.15, -0.1) is 10.2 Å². The third kappa shape index (κ3) is 1.12. The summed E-state index contributed by atoms with van der Waals surface area (Å²) in [7, 11) is 0. The summed E-state index contributed by atoms with van der Waals surface area (Å²) in [6, 6.07) is -0.588. The maximum Gasteiger partial charge on any atom is 0.326 e. The SMILES string of the molecule is CC(C(=O)O)n1cnnc1. The largest absolute Gasteiger partial charge is 0.480 e. The zero-order chi connectivity index (χ0) is 7.56. The molecule has 1 unspecified atom stereocenters. The summed E-state index contributed by atoms with van der Waals surface area (Å²) in [5.74, 6) is -0.889. The summed E-state index contributed by atoms with van der Waals surface area (Å²) in [5, 5.41) is 15.4. The van der Waals surface area contributed by atoms with Gasteiger partial charge in [0.2, 0.25) is 0 Å². The maximum absolute atomic E-state index is 10.3. The number of hydrogen-bond acceptors (Lipinski definition) is 3. The molecule has 1 atom stereocenters. The van der Waals surface area contributed by atoms with E-state index in [4.69, 9.17) is 5.11 Å². The van der Waals surface area contributed by atoms with Crippen LogP contribution in [0.25, 0.3) is 0 Å². The van der Waals surface area contributed by atoms with Crippen molar-refractivity contribution >= 4 is 5.97 Å². The molecular formula is C5H7N3O2. The number of rotatable bonds is 2. The van der Waals surface area contributed by atoms with Crippen molar-refractivity contribution in [3.63, 3.8) is 0 Å². The Morgan fingerprint density at radius 3 is 2.50 bits per heavy atom. The minimum atomic E-state index is -0.889. The molecule has 1 aromatic heterocycles. The van der Waals surface area contributed by atoms with Crippen molar-refractivity contribution in [1.82, 2.24) is 14.8 Å². The predicted molar refractivity (Wildman–Crippen MR) is 32.4 cm³/mol. The van der Waals surface area contributed by atoms with Crippen molar-refractivity contribution in [3.05, 3.63) is 12.7 Å². The smallest absolute Gasteiger partial charge is 0.326 e. The van der Waals surface area contributed by atoms with E-state index < -0.39 is 12.0 Å². The van der Waals surface area contributed by atoms with Crippen molar-refractivity contribution in [2.75, 3.05) is 0 Å². The van der Waals surface area contributed by atoms with Crippen LogP contribution in [0.2, 0.25) is 0 Å². The van der Waals surface area contributed by atoms with E-state index >= 15 is 0 Å². The normalized spacial score (nSPS) is 12.9. The highest BCUT2D eigenvalue weighted by atomic mass is 16.4. The predicted octanol–water partition coefficient (Wildman–Crippen LogP) is -0.0763. The van der Waals surface area contributed by atoms with Gasteiger partial charge >= 0.3 is 5.97 Å². The lowest BCUT2D eigenvalue weighted by Crippen LogP contribution is -2.13. The van der Waals surface area contributed by atoms with Gasteiger partial charge in [-0.05, 0) is 6.92 Å². The summed E-state index contributed by atoms with van der Waals surface area (Å²) in [6.45, 7) is 1.56. The molecule has 5 nitrogen and oxygen atoms in total. The van der Waals surface area contributed by atoms with E-state index in [9.17, 15) is 4.79 Å². The van der Waals surface area contributed by atoms with Gasteiger partial charge in [0.05, 0.1) is 0 Å². The molecule has 0 aliphatic heterocycles. The number of carbonyl (C=O) groups is 1. The molecule has 0 aliphatic rings. The molecule has 5 heteroatoms. The Bertz CT molecular complexity index is 219. The molecule has 0 radical (unpaired) electrons. The summed E-state index contributed by atoms with van der Waals surface area (Å²) >= 11 is 0. The lowest BCUT2D eigenvalue weighted by atomic mass is 10.3. The Labute approximate surface area is 57.3 Å². The van der Waals surface area contributed by atoms with E-state index in [1.807, 2.05) is 0 Å². The first-order chi connectivity index (χ1) is 4.72. The van der Waals surface area contributed by atoms with Crippen LogP contribution in [0.1, 0.15) is 13.0 Å². The highest BCUT2D eigenvalue weighted by molar-refractivity contribution is 5.71. The Kier molecular flexibility index (Phi) is 1.66. The standard InChI is InChI=1S/C5H7N3O2/c1-4(5(9)10)8-2-6-7-3-8/h2-4H,1H3,(H,9,10). The second kappa shape index (κ2) is 2.47. The fourth-order valence-electron chi connectivity index (χ4n) is 0.536.